The number of hydrogen-bond acceptors (Lipinski definition) is 4. The molecule has 0 aliphatic heterocycles. The molecule has 1 heterocycles. The fourth-order valence-electron chi connectivity index (χ4n) is 1.69. The Morgan fingerprint density at radius 2 is 2.22 bits per heavy atom. The molecule has 0 bridgehead atoms. The smallest absolute Gasteiger partial charge is 0.355 e. The van der Waals surface area contributed by atoms with Gasteiger partial charge >= 0.3 is 5.97 Å². The minimum atomic E-state index is -1.05. The minimum absolute atomic E-state index is 0.0468. The summed E-state index contributed by atoms with van der Waals surface area (Å²) in [5.74, 6) is -1.05. The molecule has 0 aliphatic carbocycles. The van der Waals surface area contributed by atoms with Gasteiger partial charge in [0.15, 0.2) is 5.69 Å². The summed E-state index contributed by atoms with van der Waals surface area (Å²) in [5.41, 5.74) is 2.06. The summed E-state index contributed by atoms with van der Waals surface area (Å²) < 4.78 is 0. The molecule has 0 unspecified atom stereocenters. The van der Waals surface area contributed by atoms with E-state index in [0.29, 0.717) is 16.3 Å². The lowest BCUT2D eigenvalue weighted by Gasteiger charge is -1.96. The van der Waals surface area contributed by atoms with E-state index in [1.807, 2.05) is 31.2 Å². The Kier molecular flexibility index (Phi) is 3.74. The molecule has 94 valence electrons. The highest BCUT2D eigenvalue weighted by Gasteiger charge is 2.17. The van der Waals surface area contributed by atoms with Crippen LogP contribution < -0.4 is 0 Å². The first kappa shape index (κ1) is 12.7. The normalized spacial score (nSPS) is 10.6. The molecule has 2 N–H and O–H groups in total. The second-order valence-corrected chi connectivity index (χ2v) is 5.02. The Morgan fingerprint density at radius 1 is 1.44 bits per heavy atom. The van der Waals surface area contributed by atoms with E-state index in [-0.39, 0.29) is 12.3 Å². The Labute approximate surface area is 109 Å². The third kappa shape index (κ3) is 2.57. The average molecular weight is 263 g/mol. The van der Waals surface area contributed by atoms with Crippen LogP contribution in [0.1, 0.15) is 20.9 Å². The molecule has 0 fully saturated rings. The molecule has 0 spiro atoms. The number of carbonyl (C=O) groups is 1. The van der Waals surface area contributed by atoms with E-state index in [1.165, 1.54) is 11.3 Å². The van der Waals surface area contributed by atoms with Crippen molar-refractivity contribution in [2.75, 3.05) is 6.61 Å². The van der Waals surface area contributed by atoms with Crippen LogP contribution in [0, 0.1) is 6.92 Å². The summed E-state index contributed by atoms with van der Waals surface area (Å²) in [7, 11) is 0. The number of nitrogens with zero attached hydrogens (tertiary/aromatic N) is 1. The maximum absolute atomic E-state index is 11.1. The first-order valence-corrected chi connectivity index (χ1v) is 6.34. The zero-order valence-electron chi connectivity index (χ0n) is 9.88. The van der Waals surface area contributed by atoms with Crippen molar-refractivity contribution in [3.05, 3.63) is 40.4 Å². The summed E-state index contributed by atoms with van der Waals surface area (Å²) in [6.07, 6.45) is 0.325. The van der Waals surface area contributed by atoms with Gasteiger partial charge in [0.25, 0.3) is 0 Å². The number of hydrogen-bond donors (Lipinski definition) is 2. The van der Waals surface area contributed by atoms with Gasteiger partial charge in [-0.25, -0.2) is 9.78 Å². The van der Waals surface area contributed by atoms with Crippen LogP contribution in [-0.2, 0) is 6.42 Å². The molecule has 0 saturated carbocycles. The van der Waals surface area contributed by atoms with Gasteiger partial charge in [0, 0.05) is 23.5 Å². The van der Waals surface area contributed by atoms with Crippen molar-refractivity contribution in [1.82, 2.24) is 4.98 Å². The zero-order valence-corrected chi connectivity index (χ0v) is 10.7. The molecule has 1 aromatic heterocycles. The van der Waals surface area contributed by atoms with Gasteiger partial charge in [-0.05, 0) is 13.0 Å². The van der Waals surface area contributed by atoms with Gasteiger partial charge in [-0.3, -0.25) is 0 Å². The van der Waals surface area contributed by atoms with E-state index < -0.39 is 5.97 Å². The topological polar surface area (TPSA) is 70.4 Å². The number of aliphatic hydroxyl groups excluding tert-OH is 1. The van der Waals surface area contributed by atoms with Crippen LogP contribution in [-0.4, -0.2) is 27.8 Å². The second kappa shape index (κ2) is 5.29. The Balaban J connectivity index is 2.46. The zero-order chi connectivity index (χ0) is 13.1. The van der Waals surface area contributed by atoms with E-state index >= 15 is 0 Å². The second-order valence-electron chi connectivity index (χ2n) is 3.94. The molecular weight excluding hydrogens is 250 g/mol. The lowest BCUT2D eigenvalue weighted by molar-refractivity contribution is 0.0690. The van der Waals surface area contributed by atoms with Crippen molar-refractivity contribution in [2.45, 2.75) is 13.3 Å². The fraction of sp³-hybridized carbons (Fsp3) is 0.231. The number of aliphatic hydroxyl groups is 1. The van der Waals surface area contributed by atoms with Gasteiger partial charge in [0.05, 0.1) is 0 Å². The molecule has 4 nitrogen and oxygen atoms in total. The number of aryl methyl sites for hydroxylation is 1. The van der Waals surface area contributed by atoms with E-state index in [9.17, 15) is 4.79 Å². The predicted octanol–water partition coefficient (Wildman–Crippen LogP) is 2.35. The third-order valence-electron chi connectivity index (χ3n) is 2.50. The van der Waals surface area contributed by atoms with Crippen LogP contribution in [0.15, 0.2) is 24.3 Å². The maximum Gasteiger partial charge on any atom is 0.355 e. The molecule has 18 heavy (non-hydrogen) atoms. The number of aromatic nitrogens is 1. The number of rotatable bonds is 4. The minimum Gasteiger partial charge on any atom is -0.476 e. The predicted molar refractivity (Wildman–Crippen MR) is 70.0 cm³/mol. The summed E-state index contributed by atoms with van der Waals surface area (Å²) in [6.45, 7) is 1.90. The van der Waals surface area contributed by atoms with Gasteiger partial charge < -0.3 is 10.2 Å². The van der Waals surface area contributed by atoms with Crippen molar-refractivity contribution in [3.8, 4) is 10.6 Å². The summed E-state index contributed by atoms with van der Waals surface area (Å²) >= 11 is 1.32. The van der Waals surface area contributed by atoms with Crippen molar-refractivity contribution in [3.63, 3.8) is 0 Å². The van der Waals surface area contributed by atoms with Gasteiger partial charge in [0.2, 0.25) is 0 Å². The van der Waals surface area contributed by atoms with E-state index in [2.05, 4.69) is 4.98 Å². The Morgan fingerprint density at radius 3 is 2.83 bits per heavy atom. The molecule has 0 atom stereocenters. The highest BCUT2D eigenvalue weighted by molar-refractivity contribution is 7.15. The molecule has 0 saturated heterocycles. The number of aromatic carboxylic acids is 1. The van der Waals surface area contributed by atoms with Crippen molar-refractivity contribution in [2.24, 2.45) is 0 Å². The van der Waals surface area contributed by atoms with Gasteiger partial charge in [-0.1, -0.05) is 23.8 Å². The molecule has 0 radical (unpaired) electrons. The first-order valence-electron chi connectivity index (χ1n) is 5.52. The number of benzene rings is 1. The molecular formula is C13H13NO3S. The molecule has 1 aromatic carbocycles. The average Bonchev–Trinajstić information content (AvgIpc) is 2.74. The Hall–Kier alpha value is -1.72. The molecule has 5 heteroatoms. The van der Waals surface area contributed by atoms with Crippen LogP contribution in [0.3, 0.4) is 0 Å². The first-order chi connectivity index (χ1) is 8.61. The number of carboxylic acids is 1. The lowest BCUT2D eigenvalue weighted by atomic mass is 10.1. The van der Waals surface area contributed by atoms with E-state index in [4.69, 9.17) is 10.2 Å². The molecule has 2 aromatic rings. The number of carboxylic acid groups (broad SMARTS) is 1. The Bertz CT molecular complexity index is 577. The van der Waals surface area contributed by atoms with Gasteiger partial charge in [0.1, 0.15) is 5.01 Å². The SMILES string of the molecule is Cc1cccc(-c2nc(C(=O)O)c(CCO)s2)c1. The van der Waals surface area contributed by atoms with Crippen LogP contribution in [0.5, 0.6) is 0 Å². The van der Waals surface area contributed by atoms with Crippen molar-refractivity contribution in [1.29, 1.82) is 0 Å². The third-order valence-corrected chi connectivity index (χ3v) is 3.67. The summed E-state index contributed by atoms with van der Waals surface area (Å²) in [6, 6.07) is 7.76. The number of thiazole rings is 1. The van der Waals surface area contributed by atoms with Crippen LogP contribution in [0.4, 0.5) is 0 Å². The van der Waals surface area contributed by atoms with Gasteiger partial charge in [-0.2, -0.15) is 0 Å². The van der Waals surface area contributed by atoms with Crippen LogP contribution in [0.2, 0.25) is 0 Å². The van der Waals surface area contributed by atoms with Crippen molar-refractivity contribution < 1.29 is 15.0 Å². The highest BCUT2D eigenvalue weighted by Crippen LogP contribution is 2.29. The molecule has 2 rings (SSSR count). The lowest BCUT2D eigenvalue weighted by Crippen LogP contribution is -2.02. The fourth-order valence-corrected chi connectivity index (χ4v) is 2.73. The highest BCUT2D eigenvalue weighted by atomic mass is 32.1. The standard InChI is InChI=1S/C13H13NO3S/c1-8-3-2-4-9(7-8)12-14-11(13(16)17)10(18-12)5-6-15/h2-4,7,15H,5-6H2,1H3,(H,16,17). The summed E-state index contributed by atoms with van der Waals surface area (Å²) in [4.78, 5) is 15.8. The maximum atomic E-state index is 11.1. The molecule has 0 amide bonds. The quantitative estimate of drug-likeness (QED) is 0.888. The molecule has 0 aliphatic rings. The summed E-state index contributed by atoms with van der Waals surface area (Å²) in [5, 5.41) is 18.7. The van der Waals surface area contributed by atoms with Gasteiger partial charge in [-0.15, -0.1) is 11.3 Å². The van der Waals surface area contributed by atoms with E-state index in [0.717, 1.165) is 11.1 Å². The van der Waals surface area contributed by atoms with E-state index in [1.54, 1.807) is 0 Å². The van der Waals surface area contributed by atoms with Crippen molar-refractivity contribution >= 4 is 17.3 Å². The monoisotopic (exact) mass is 263 g/mol. The van der Waals surface area contributed by atoms with Crippen LogP contribution >= 0.6 is 11.3 Å². The van der Waals surface area contributed by atoms with Crippen LogP contribution in [0.25, 0.3) is 10.6 Å². The largest absolute Gasteiger partial charge is 0.476 e.